The van der Waals surface area contributed by atoms with Crippen LogP contribution in [0.2, 0.25) is 0 Å². The number of cyclic esters (lactones) is 1. The van der Waals surface area contributed by atoms with Gasteiger partial charge in [-0.1, -0.05) is 6.07 Å². The number of methoxy groups -OCH3 is 2. The third kappa shape index (κ3) is 2.77. The van der Waals surface area contributed by atoms with E-state index in [9.17, 15) is 20.1 Å². The predicted octanol–water partition coefficient (Wildman–Crippen LogP) is 2.42. The van der Waals surface area contributed by atoms with Gasteiger partial charge in [0, 0.05) is 11.5 Å². The fraction of sp³-hybridized carbons (Fsp3) is 0.350. The van der Waals surface area contributed by atoms with Crippen LogP contribution in [-0.4, -0.2) is 42.1 Å². The lowest BCUT2D eigenvalue weighted by molar-refractivity contribution is -0.148. The first-order valence-electron chi connectivity index (χ1n) is 8.73. The van der Waals surface area contributed by atoms with Gasteiger partial charge in [0.05, 0.1) is 32.8 Å². The zero-order valence-electron chi connectivity index (χ0n) is 15.3. The Bertz CT molecular complexity index is 899. The largest absolute Gasteiger partial charge is 0.504 e. The maximum absolute atomic E-state index is 12.6. The van der Waals surface area contributed by atoms with Gasteiger partial charge in [-0.05, 0) is 29.8 Å². The molecule has 8 nitrogen and oxygen atoms in total. The van der Waals surface area contributed by atoms with E-state index in [1.165, 1.54) is 26.4 Å². The Balaban J connectivity index is 1.67. The van der Waals surface area contributed by atoms with Crippen molar-refractivity contribution < 1.29 is 39.1 Å². The number of esters is 1. The van der Waals surface area contributed by atoms with Crippen LogP contribution in [-0.2, 0) is 14.3 Å². The highest BCUT2D eigenvalue weighted by molar-refractivity contribution is 5.77. The Morgan fingerprint density at radius 1 is 0.929 bits per heavy atom. The zero-order valence-corrected chi connectivity index (χ0v) is 15.3. The monoisotopic (exact) mass is 388 g/mol. The quantitative estimate of drug-likeness (QED) is 0.540. The highest BCUT2D eigenvalue weighted by Gasteiger charge is 2.54. The minimum absolute atomic E-state index is 0.130. The number of phenols is 3. The van der Waals surface area contributed by atoms with Crippen molar-refractivity contribution in [2.24, 2.45) is 11.8 Å². The predicted molar refractivity (Wildman–Crippen MR) is 95.5 cm³/mol. The van der Waals surface area contributed by atoms with Crippen LogP contribution in [0.1, 0.15) is 23.3 Å². The topological polar surface area (TPSA) is 115 Å². The molecule has 2 fully saturated rings. The molecule has 2 aliphatic heterocycles. The van der Waals surface area contributed by atoms with Crippen molar-refractivity contribution in [3.8, 4) is 28.7 Å². The second-order valence-corrected chi connectivity index (χ2v) is 6.82. The molecule has 0 aromatic heterocycles. The van der Waals surface area contributed by atoms with Crippen LogP contribution in [0.3, 0.4) is 0 Å². The molecule has 2 aliphatic rings. The minimum Gasteiger partial charge on any atom is -0.504 e. The van der Waals surface area contributed by atoms with Crippen LogP contribution < -0.4 is 9.47 Å². The lowest BCUT2D eigenvalue weighted by Gasteiger charge is -2.18. The Labute approximate surface area is 160 Å². The average Bonchev–Trinajstić information content (AvgIpc) is 3.26. The van der Waals surface area contributed by atoms with Gasteiger partial charge >= 0.3 is 5.97 Å². The van der Waals surface area contributed by atoms with Crippen LogP contribution in [0, 0.1) is 11.8 Å². The molecule has 4 rings (SSSR count). The van der Waals surface area contributed by atoms with Crippen molar-refractivity contribution in [3.05, 3.63) is 41.5 Å². The summed E-state index contributed by atoms with van der Waals surface area (Å²) >= 11 is 0. The number of rotatable bonds is 4. The first-order chi connectivity index (χ1) is 13.4. The number of benzene rings is 2. The van der Waals surface area contributed by atoms with Gasteiger partial charge in [0.25, 0.3) is 0 Å². The summed E-state index contributed by atoms with van der Waals surface area (Å²) in [5, 5.41) is 29.4. The smallest absolute Gasteiger partial charge is 0.313 e. The van der Waals surface area contributed by atoms with Crippen molar-refractivity contribution in [1.29, 1.82) is 0 Å². The molecule has 28 heavy (non-hydrogen) atoms. The number of carbonyl (C=O) groups excluding carboxylic acids is 1. The normalized spacial score (nSPS) is 26.0. The van der Waals surface area contributed by atoms with E-state index in [-0.39, 0.29) is 41.3 Å². The van der Waals surface area contributed by atoms with Crippen LogP contribution in [0.25, 0.3) is 0 Å². The van der Waals surface area contributed by atoms with Crippen LogP contribution in [0.4, 0.5) is 0 Å². The van der Waals surface area contributed by atoms with E-state index in [0.717, 1.165) is 0 Å². The molecule has 2 aromatic rings. The SMILES string of the molecule is COc1cc([C@H]2OC(=O)[C@@H]3[C@H]2CO[C@@H]3c2ccc(O)c(O)c2)cc(OC)c1O. The van der Waals surface area contributed by atoms with Crippen molar-refractivity contribution in [2.45, 2.75) is 12.2 Å². The molecule has 0 aliphatic carbocycles. The summed E-state index contributed by atoms with van der Waals surface area (Å²) < 4.78 is 21.9. The van der Waals surface area contributed by atoms with E-state index in [2.05, 4.69) is 0 Å². The third-order valence-electron chi connectivity index (χ3n) is 5.32. The van der Waals surface area contributed by atoms with E-state index in [0.29, 0.717) is 11.1 Å². The summed E-state index contributed by atoms with van der Waals surface area (Å²) in [4.78, 5) is 12.6. The molecule has 0 radical (unpaired) electrons. The molecule has 8 heteroatoms. The Kier molecular flexibility index (Phi) is 4.43. The lowest BCUT2D eigenvalue weighted by Crippen LogP contribution is -2.17. The fourth-order valence-electron chi connectivity index (χ4n) is 3.93. The molecule has 0 spiro atoms. The summed E-state index contributed by atoms with van der Waals surface area (Å²) in [6.07, 6.45) is -1.17. The van der Waals surface area contributed by atoms with Crippen molar-refractivity contribution in [1.82, 2.24) is 0 Å². The molecule has 0 saturated carbocycles. The zero-order chi connectivity index (χ0) is 20.0. The Morgan fingerprint density at radius 3 is 2.21 bits per heavy atom. The summed E-state index contributed by atoms with van der Waals surface area (Å²) in [6, 6.07) is 7.56. The number of phenolic OH excluding ortho intramolecular Hbond substituents is 3. The molecule has 0 bridgehead atoms. The fourth-order valence-corrected chi connectivity index (χ4v) is 3.93. The van der Waals surface area contributed by atoms with E-state index in [1.54, 1.807) is 18.2 Å². The summed E-state index contributed by atoms with van der Waals surface area (Å²) in [5.41, 5.74) is 1.21. The Hall–Kier alpha value is -3.13. The standard InChI is InChI=1S/C20H20O8/c1-25-14-6-10(7-15(26-2)17(14)23)18-11-8-27-19(16(11)20(24)28-18)9-3-4-12(21)13(22)5-9/h3-7,11,16,18-19,21-23H,8H2,1-2H3/t11-,16-,18-,19-/m1/s1. The van der Waals surface area contributed by atoms with Gasteiger partial charge in [-0.2, -0.15) is 0 Å². The number of fused-ring (bicyclic) bond motifs is 1. The van der Waals surface area contributed by atoms with E-state index in [4.69, 9.17) is 18.9 Å². The molecule has 2 aromatic carbocycles. The van der Waals surface area contributed by atoms with Gasteiger partial charge in [0.1, 0.15) is 6.10 Å². The van der Waals surface area contributed by atoms with E-state index < -0.39 is 24.1 Å². The van der Waals surface area contributed by atoms with Gasteiger partial charge in [-0.25, -0.2) is 0 Å². The highest BCUT2D eigenvalue weighted by Crippen LogP contribution is 2.53. The number of hydrogen-bond acceptors (Lipinski definition) is 8. The second-order valence-electron chi connectivity index (χ2n) is 6.82. The number of carbonyl (C=O) groups is 1. The molecular weight excluding hydrogens is 368 g/mol. The summed E-state index contributed by atoms with van der Waals surface area (Å²) in [5.74, 6) is -1.44. The molecule has 3 N–H and O–H groups in total. The molecular formula is C20H20O8. The molecule has 2 heterocycles. The Morgan fingerprint density at radius 2 is 1.61 bits per heavy atom. The van der Waals surface area contributed by atoms with Crippen LogP contribution in [0.15, 0.2) is 30.3 Å². The first kappa shape index (κ1) is 18.2. The van der Waals surface area contributed by atoms with Gasteiger partial charge < -0.3 is 34.3 Å². The first-order valence-corrected chi connectivity index (χ1v) is 8.73. The van der Waals surface area contributed by atoms with Gasteiger partial charge in [-0.15, -0.1) is 0 Å². The van der Waals surface area contributed by atoms with E-state index >= 15 is 0 Å². The molecule has 0 amide bonds. The summed E-state index contributed by atoms with van der Waals surface area (Å²) in [6.45, 7) is 0.277. The third-order valence-corrected chi connectivity index (χ3v) is 5.32. The molecule has 0 unspecified atom stereocenters. The van der Waals surface area contributed by atoms with Crippen molar-refractivity contribution in [3.63, 3.8) is 0 Å². The number of hydrogen-bond donors (Lipinski definition) is 3. The lowest BCUT2D eigenvalue weighted by atomic mass is 9.84. The van der Waals surface area contributed by atoms with Gasteiger partial charge in [0.2, 0.25) is 5.75 Å². The minimum atomic E-state index is -0.588. The highest BCUT2D eigenvalue weighted by atomic mass is 16.6. The summed E-state index contributed by atoms with van der Waals surface area (Å²) in [7, 11) is 2.85. The van der Waals surface area contributed by atoms with Crippen LogP contribution in [0.5, 0.6) is 28.7 Å². The van der Waals surface area contributed by atoms with Crippen LogP contribution >= 0.6 is 0 Å². The number of ether oxygens (including phenoxy) is 4. The van der Waals surface area contributed by atoms with Gasteiger partial charge in [-0.3, -0.25) is 4.79 Å². The van der Waals surface area contributed by atoms with E-state index in [1.807, 2.05) is 0 Å². The maximum atomic E-state index is 12.6. The molecule has 2 saturated heterocycles. The number of aromatic hydroxyl groups is 3. The second kappa shape index (κ2) is 6.79. The molecule has 148 valence electrons. The molecule has 4 atom stereocenters. The van der Waals surface area contributed by atoms with Crippen molar-refractivity contribution >= 4 is 5.97 Å². The maximum Gasteiger partial charge on any atom is 0.313 e. The van der Waals surface area contributed by atoms with Crippen molar-refractivity contribution in [2.75, 3.05) is 20.8 Å². The van der Waals surface area contributed by atoms with Gasteiger partial charge in [0.15, 0.2) is 23.0 Å². The average molecular weight is 388 g/mol.